The van der Waals surface area contributed by atoms with Gasteiger partial charge in [-0.15, -0.1) is 0 Å². The summed E-state index contributed by atoms with van der Waals surface area (Å²) >= 11 is 0. The molecule has 0 spiro atoms. The van der Waals surface area contributed by atoms with Gasteiger partial charge in [-0.3, -0.25) is 9.10 Å². The summed E-state index contributed by atoms with van der Waals surface area (Å²) in [7, 11) is 1.41. The number of amides is 1. The first-order chi connectivity index (χ1) is 17.8. The predicted molar refractivity (Wildman–Crippen MR) is 140 cm³/mol. The molecule has 11 heteroatoms. The number of nitrogens with zero attached hydrogens (tertiary/aromatic N) is 1. The fourth-order valence-electron chi connectivity index (χ4n) is 3.57. The van der Waals surface area contributed by atoms with Crippen LogP contribution in [-0.2, 0) is 14.8 Å². The van der Waals surface area contributed by atoms with E-state index >= 15 is 0 Å². The molecule has 1 N–H and O–H groups in total. The van der Waals surface area contributed by atoms with E-state index in [2.05, 4.69) is 5.32 Å². The second-order valence-corrected chi connectivity index (χ2v) is 9.41. The van der Waals surface area contributed by atoms with Crippen molar-refractivity contribution < 1.29 is 36.9 Å². The quantitative estimate of drug-likeness (QED) is 0.375. The SMILES string of the molecule is CCOc1ccccc1NC(=O)CN(c1cc(OC)ccc1OC)S(=O)(=O)c1ccc(OC)c(OC)c1. The third kappa shape index (κ3) is 6.18. The summed E-state index contributed by atoms with van der Waals surface area (Å²) in [5.74, 6) is 1.05. The van der Waals surface area contributed by atoms with E-state index in [0.29, 0.717) is 29.5 Å². The lowest BCUT2D eigenvalue weighted by Gasteiger charge is -2.26. The lowest BCUT2D eigenvalue weighted by atomic mass is 10.2. The van der Waals surface area contributed by atoms with Crippen LogP contribution in [0.4, 0.5) is 11.4 Å². The van der Waals surface area contributed by atoms with Crippen molar-refractivity contribution in [3.63, 3.8) is 0 Å². The van der Waals surface area contributed by atoms with Gasteiger partial charge < -0.3 is 29.0 Å². The number of methoxy groups -OCH3 is 4. The highest BCUT2D eigenvalue weighted by molar-refractivity contribution is 7.92. The average Bonchev–Trinajstić information content (AvgIpc) is 2.92. The number of hydrogen-bond acceptors (Lipinski definition) is 8. The number of anilines is 2. The molecular weight excluding hydrogens is 500 g/mol. The maximum Gasteiger partial charge on any atom is 0.265 e. The molecule has 10 nitrogen and oxygen atoms in total. The number of carbonyl (C=O) groups is 1. The van der Waals surface area contributed by atoms with Gasteiger partial charge >= 0.3 is 0 Å². The van der Waals surface area contributed by atoms with Gasteiger partial charge in [-0.25, -0.2) is 8.42 Å². The summed E-state index contributed by atoms with van der Waals surface area (Å²) in [6, 6.07) is 15.7. The summed E-state index contributed by atoms with van der Waals surface area (Å²) in [6.45, 7) is 1.65. The second kappa shape index (κ2) is 12.2. The molecule has 1 amide bonds. The number of ether oxygens (including phenoxy) is 5. The first-order valence-electron chi connectivity index (χ1n) is 11.3. The maximum atomic E-state index is 14.0. The van der Waals surface area contributed by atoms with E-state index in [-0.39, 0.29) is 22.1 Å². The van der Waals surface area contributed by atoms with Gasteiger partial charge in [0.1, 0.15) is 23.8 Å². The number of benzene rings is 3. The molecule has 0 fully saturated rings. The van der Waals surface area contributed by atoms with Crippen LogP contribution in [0.2, 0.25) is 0 Å². The van der Waals surface area contributed by atoms with E-state index in [0.717, 1.165) is 4.31 Å². The van der Waals surface area contributed by atoms with E-state index in [1.807, 2.05) is 6.92 Å². The van der Waals surface area contributed by atoms with Crippen LogP contribution >= 0.6 is 0 Å². The Morgan fingerprint density at radius 3 is 2.14 bits per heavy atom. The summed E-state index contributed by atoms with van der Waals surface area (Å²) in [4.78, 5) is 13.1. The van der Waals surface area contributed by atoms with Gasteiger partial charge in [-0.1, -0.05) is 12.1 Å². The van der Waals surface area contributed by atoms with Gasteiger partial charge in [0.2, 0.25) is 5.91 Å². The number of para-hydroxylation sites is 2. The third-order valence-corrected chi connectivity index (χ3v) is 7.10. The standard InChI is InChI=1S/C26H30N2O8S/c1-6-36-22-10-8-7-9-20(22)27-26(29)17-28(21-15-18(32-2)11-13-23(21)33-3)37(30,31)19-12-14-24(34-4)25(16-19)35-5/h7-16H,6,17H2,1-5H3,(H,27,29). The van der Waals surface area contributed by atoms with Crippen LogP contribution in [0.5, 0.6) is 28.7 Å². The Hall–Kier alpha value is -4.12. The van der Waals surface area contributed by atoms with Crippen molar-refractivity contribution in [1.82, 2.24) is 0 Å². The molecule has 0 bridgehead atoms. The minimum Gasteiger partial charge on any atom is -0.497 e. The van der Waals surface area contributed by atoms with Crippen molar-refractivity contribution in [2.75, 3.05) is 51.2 Å². The van der Waals surface area contributed by atoms with Crippen molar-refractivity contribution in [3.8, 4) is 28.7 Å². The maximum absolute atomic E-state index is 14.0. The van der Waals surface area contributed by atoms with E-state index in [1.165, 1.54) is 52.7 Å². The first kappa shape index (κ1) is 27.5. The normalized spacial score (nSPS) is 10.8. The van der Waals surface area contributed by atoms with Crippen LogP contribution < -0.4 is 33.3 Å². The molecule has 3 rings (SSSR count). The number of hydrogen-bond donors (Lipinski definition) is 1. The summed E-state index contributed by atoms with van der Waals surface area (Å²) in [6.07, 6.45) is 0. The first-order valence-corrected chi connectivity index (χ1v) is 12.7. The largest absolute Gasteiger partial charge is 0.497 e. The zero-order valence-electron chi connectivity index (χ0n) is 21.3. The molecule has 0 aliphatic carbocycles. The zero-order chi connectivity index (χ0) is 27.0. The number of sulfonamides is 1. The van der Waals surface area contributed by atoms with Crippen LogP contribution in [0.25, 0.3) is 0 Å². The molecule has 0 aliphatic heterocycles. The van der Waals surface area contributed by atoms with Crippen molar-refractivity contribution in [3.05, 3.63) is 60.7 Å². The highest BCUT2D eigenvalue weighted by atomic mass is 32.2. The molecule has 0 aliphatic rings. The lowest BCUT2D eigenvalue weighted by molar-refractivity contribution is -0.114. The minimum absolute atomic E-state index is 0.113. The smallest absolute Gasteiger partial charge is 0.265 e. The molecule has 198 valence electrons. The fraction of sp³-hybridized carbons (Fsp3) is 0.269. The van der Waals surface area contributed by atoms with Crippen molar-refractivity contribution in [2.45, 2.75) is 11.8 Å². The summed E-state index contributed by atoms with van der Waals surface area (Å²) in [5, 5.41) is 2.74. The third-order valence-electron chi connectivity index (χ3n) is 5.35. The van der Waals surface area contributed by atoms with Crippen LogP contribution in [0.1, 0.15) is 6.92 Å². The molecule has 37 heavy (non-hydrogen) atoms. The second-order valence-electron chi connectivity index (χ2n) is 7.54. The molecule has 3 aromatic carbocycles. The Labute approximate surface area is 216 Å². The summed E-state index contributed by atoms with van der Waals surface area (Å²) < 4.78 is 55.7. The van der Waals surface area contributed by atoms with Crippen LogP contribution in [-0.4, -0.2) is 55.9 Å². The molecule has 0 atom stereocenters. The highest BCUT2D eigenvalue weighted by Gasteiger charge is 2.31. The zero-order valence-corrected chi connectivity index (χ0v) is 22.1. The Balaban J connectivity index is 2.09. The molecule has 0 aromatic heterocycles. The summed E-state index contributed by atoms with van der Waals surface area (Å²) in [5.41, 5.74) is 0.528. The Bertz CT molecular complexity index is 1340. The van der Waals surface area contributed by atoms with Crippen LogP contribution in [0, 0.1) is 0 Å². The molecule has 0 saturated heterocycles. The van der Waals surface area contributed by atoms with Crippen LogP contribution in [0.15, 0.2) is 65.6 Å². The van der Waals surface area contributed by atoms with E-state index in [1.54, 1.807) is 36.4 Å². The fourth-order valence-corrected chi connectivity index (χ4v) is 5.01. The molecule has 0 heterocycles. The Morgan fingerprint density at radius 2 is 1.49 bits per heavy atom. The molecule has 0 radical (unpaired) electrons. The van der Waals surface area contributed by atoms with Gasteiger partial charge in [0.05, 0.1) is 51.3 Å². The Morgan fingerprint density at radius 1 is 0.811 bits per heavy atom. The van der Waals surface area contributed by atoms with Gasteiger partial charge in [0.25, 0.3) is 10.0 Å². The predicted octanol–water partition coefficient (Wildman–Crippen LogP) is 3.95. The van der Waals surface area contributed by atoms with Gasteiger partial charge in [0.15, 0.2) is 11.5 Å². The number of carbonyl (C=O) groups excluding carboxylic acids is 1. The van der Waals surface area contributed by atoms with Crippen LogP contribution in [0.3, 0.4) is 0 Å². The molecule has 3 aromatic rings. The van der Waals surface area contributed by atoms with Gasteiger partial charge in [0, 0.05) is 12.1 Å². The van der Waals surface area contributed by atoms with Crippen molar-refractivity contribution >= 4 is 27.3 Å². The van der Waals surface area contributed by atoms with E-state index in [9.17, 15) is 13.2 Å². The molecular formula is C26H30N2O8S. The molecule has 0 unspecified atom stereocenters. The van der Waals surface area contributed by atoms with E-state index in [4.69, 9.17) is 23.7 Å². The average molecular weight is 531 g/mol. The van der Waals surface area contributed by atoms with E-state index < -0.39 is 22.5 Å². The van der Waals surface area contributed by atoms with Crippen molar-refractivity contribution in [1.29, 1.82) is 0 Å². The minimum atomic E-state index is -4.31. The van der Waals surface area contributed by atoms with Crippen molar-refractivity contribution in [2.24, 2.45) is 0 Å². The molecule has 0 saturated carbocycles. The Kier molecular flexibility index (Phi) is 9.07. The van der Waals surface area contributed by atoms with Gasteiger partial charge in [-0.05, 0) is 43.3 Å². The van der Waals surface area contributed by atoms with Gasteiger partial charge in [-0.2, -0.15) is 0 Å². The monoisotopic (exact) mass is 530 g/mol. The number of rotatable bonds is 12. The number of nitrogens with one attached hydrogen (secondary N) is 1. The lowest BCUT2D eigenvalue weighted by Crippen LogP contribution is -2.38. The highest BCUT2D eigenvalue weighted by Crippen LogP contribution is 2.37. The topological polar surface area (TPSA) is 113 Å².